The molecule has 0 aliphatic heterocycles. The van der Waals surface area contributed by atoms with Crippen LogP contribution >= 0.6 is 11.3 Å². The molecule has 0 amide bonds. The van der Waals surface area contributed by atoms with Crippen molar-refractivity contribution in [3.8, 4) is 0 Å². The highest BCUT2D eigenvalue weighted by molar-refractivity contribution is 7.12. The van der Waals surface area contributed by atoms with E-state index in [-0.39, 0.29) is 0 Å². The van der Waals surface area contributed by atoms with Gasteiger partial charge in [0.15, 0.2) is 0 Å². The van der Waals surface area contributed by atoms with Crippen LogP contribution in [0.15, 0.2) is 35.7 Å². The number of carboxylic acid groups (broad SMARTS) is 1. The summed E-state index contributed by atoms with van der Waals surface area (Å²) in [5.74, 6) is -0.876. The molecule has 0 spiro atoms. The lowest BCUT2D eigenvalue weighted by Gasteiger charge is -2.19. The third-order valence-corrected chi connectivity index (χ3v) is 3.57. The average Bonchev–Trinajstić information content (AvgIpc) is 2.78. The van der Waals surface area contributed by atoms with Crippen LogP contribution in [0.3, 0.4) is 0 Å². The first kappa shape index (κ1) is 11.7. The van der Waals surface area contributed by atoms with Crippen LogP contribution in [0.1, 0.15) is 15.2 Å². The number of hydrogen-bond acceptors (Lipinski definition) is 3. The minimum absolute atomic E-state index is 0.362. The zero-order chi connectivity index (χ0) is 12.4. The van der Waals surface area contributed by atoms with Crippen molar-refractivity contribution >= 4 is 28.7 Å². The third kappa shape index (κ3) is 2.31. The Morgan fingerprint density at radius 3 is 2.65 bits per heavy atom. The van der Waals surface area contributed by atoms with Gasteiger partial charge in [0, 0.05) is 18.1 Å². The smallest absolute Gasteiger partial charge is 0.345 e. The lowest BCUT2D eigenvalue weighted by molar-refractivity contribution is 0.0702. The standard InChI is InChI=1S/C13H13NO2S/c1-9-5-3-4-6-11(9)14(2)10-7-12(13(15)16)17-8-10/h3-8H,1-2H3,(H,15,16). The van der Waals surface area contributed by atoms with Crippen LogP contribution in [-0.4, -0.2) is 18.1 Å². The Kier molecular flexibility index (Phi) is 3.15. The molecule has 1 heterocycles. The molecule has 1 aromatic heterocycles. The fourth-order valence-electron chi connectivity index (χ4n) is 1.69. The fourth-order valence-corrected chi connectivity index (χ4v) is 2.46. The lowest BCUT2D eigenvalue weighted by atomic mass is 10.2. The summed E-state index contributed by atoms with van der Waals surface area (Å²) in [5.41, 5.74) is 3.15. The molecule has 0 radical (unpaired) electrons. The van der Waals surface area contributed by atoms with Gasteiger partial charge < -0.3 is 10.0 Å². The van der Waals surface area contributed by atoms with E-state index in [9.17, 15) is 4.79 Å². The zero-order valence-corrected chi connectivity index (χ0v) is 10.5. The first-order chi connectivity index (χ1) is 8.09. The van der Waals surface area contributed by atoms with Gasteiger partial charge in [0.25, 0.3) is 0 Å². The van der Waals surface area contributed by atoms with E-state index < -0.39 is 5.97 Å². The Balaban J connectivity index is 2.34. The molecule has 88 valence electrons. The highest BCUT2D eigenvalue weighted by Gasteiger charge is 2.11. The summed E-state index contributed by atoms with van der Waals surface area (Å²) in [6.45, 7) is 2.04. The van der Waals surface area contributed by atoms with Crippen LogP contribution in [-0.2, 0) is 0 Å². The molecule has 0 atom stereocenters. The van der Waals surface area contributed by atoms with E-state index in [1.54, 1.807) is 6.07 Å². The van der Waals surface area contributed by atoms with Gasteiger partial charge in [-0.1, -0.05) is 18.2 Å². The molecule has 3 nitrogen and oxygen atoms in total. The largest absolute Gasteiger partial charge is 0.477 e. The molecule has 0 aliphatic carbocycles. The van der Waals surface area contributed by atoms with Gasteiger partial charge in [0.2, 0.25) is 0 Å². The number of para-hydroxylation sites is 1. The molecule has 0 bridgehead atoms. The van der Waals surface area contributed by atoms with E-state index in [1.165, 1.54) is 11.3 Å². The summed E-state index contributed by atoms with van der Waals surface area (Å²) in [5, 5.41) is 10.8. The van der Waals surface area contributed by atoms with Gasteiger partial charge >= 0.3 is 5.97 Å². The number of thiophene rings is 1. The predicted molar refractivity (Wildman–Crippen MR) is 70.5 cm³/mol. The first-order valence-electron chi connectivity index (χ1n) is 5.21. The molecular weight excluding hydrogens is 234 g/mol. The van der Waals surface area contributed by atoms with E-state index in [1.807, 2.05) is 48.5 Å². The third-order valence-electron chi connectivity index (χ3n) is 2.66. The van der Waals surface area contributed by atoms with Crippen molar-refractivity contribution in [2.24, 2.45) is 0 Å². The zero-order valence-electron chi connectivity index (χ0n) is 9.68. The summed E-state index contributed by atoms with van der Waals surface area (Å²) in [6.07, 6.45) is 0. The molecular formula is C13H13NO2S. The maximum atomic E-state index is 10.8. The summed E-state index contributed by atoms with van der Waals surface area (Å²) in [6, 6.07) is 9.72. The number of nitrogens with zero attached hydrogens (tertiary/aromatic N) is 1. The molecule has 2 rings (SSSR count). The molecule has 4 heteroatoms. The molecule has 0 unspecified atom stereocenters. The predicted octanol–water partition coefficient (Wildman–Crippen LogP) is 3.52. The number of benzene rings is 1. The number of carbonyl (C=O) groups is 1. The Hall–Kier alpha value is -1.81. The summed E-state index contributed by atoms with van der Waals surface area (Å²) in [4.78, 5) is 13.2. The Bertz CT molecular complexity index is 548. The van der Waals surface area contributed by atoms with Gasteiger partial charge in [-0.15, -0.1) is 11.3 Å². The fraction of sp³-hybridized carbons (Fsp3) is 0.154. The second-order valence-corrected chi connectivity index (χ2v) is 4.73. The van der Waals surface area contributed by atoms with Crippen molar-refractivity contribution in [3.05, 3.63) is 46.2 Å². The molecule has 1 N–H and O–H groups in total. The van der Waals surface area contributed by atoms with Gasteiger partial charge in [0.1, 0.15) is 4.88 Å². The molecule has 0 aliphatic rings. The minimum atomic E-state index is -0.876. The van der Waals surface area contributed by atoms with E-state index >= 15 is 0 Å². The number of carboxylic acids is 1. The highest BCUT2D eigenvalue weighted by atomic mass is 32.1. The maximum absolute atomic E-state index is 10.8. The maximum Gasteiger partial charge on any atom is 0.345 e. The monoisotopic (exact) mass is 247 g/mol. The Labute approximate surface area is 104 Å². The molecule has 2 aromatic rings. The van der Waals surface area contributed by atoms with Crippen LogP contribution in [0.4, 0.5) is 11.4 Å². The van der Waals surface area contributed by atoms with Crippen molar-refractivity contribution in [3.63, 3.8) is 0 Å². The number of hydrogen-bond donors (Lipinski definition) is 1. The van der Waals surface area contributed by atoms with Gasteiger partial charge in [-0.25, -0.2) is 4.79 Å². The molecule has 1 aromatic carbocycles. The van der Waals surface area contributed by atoms with Crippen LogP contribution in [0.2, 0.25) is 0 Å². The SMILES string of the molecule is Cc1ccccc1N(C)c1csc(C(=O)O)c1. The summed E-state index contributed by atoms with van der Waals surface area (Å²) < 4.78 is 0. The van der Waals surface area contributed by atoms with Crippen LogP contribution in [0.25, 0.3) is 0 Å². The van der Waals surface area contributed by atoms with E-state index in [0.29, 0.717) is 4.88 Å². The van der Waals surface area contributed by atoms with E-state index in [0.717, 1.165) is 16.9 Å². The topological polar surface area (TPSA) is 40.5 Å². The molecule has 0 fully saturated rings. The van der Waals surface area contributed by atoms with Crippen molar-refractivity contribution in [1.29, 1.82) is 0 Å². The minimum Gasteiger partial charge on any atom is -0.477 e. The first-order valence-corrected chi connectivity index (χ1v) is 6.09. The van der Waals surface area contributed by atoms with Crippen molar-refractivity contribution in [1.82, 2.24) is 0 Å². The van der Waals surface area contributed by atoms with Crippen molar-refractivity contribution < 1.29 is 9.90 Å². The lowest BCUT2D eigenvalue weighted by Crippen LogP contribution is -2.09. The average molecular weight is 247 g/mol. The number of anilines is 2. The van der Waals surface area contributed by atoms with E-state index in [2.05, 4.69) is 0 Å². The summed E-state index contributed by atoms with van der Waals surface area (Å²) in [7, 11) is 1.94. The van der Waals surface area contributed by atoms with E-state index in [4.69, 9.17) is 5.11 Å². The number of rotatable bonds is 3. The van der Waals surface area contributed by atoms with Gasteiger partial charge in [-0.05, 0) is 24.6 Å². The van der Waals surface area contributed by atoms with Gasteiger partial charge in [0.05, 0.1) is 5.69 Å². The van der Waals surface area contributed by atoms with Crippen LogP contribution in [0.5, 0.6) is 0 Å². The second-order valence-electron chi connectivity index (χ2n) is 3.82. The Morgan fingerprint density at radius 1 is 1.35 bits per heavy atom. The molecule has 0 saturated heterocycles. The van der Waals surface area contributed by atoms with Crippen molar-refractivity contribution in [2.45, 2.75) is 6.92 Å². The highest BCUT2D eigenvalue weighted by Crippen LogP contribution is 2.30. The number of aromatic carboxylic acids is 1. The van der Waals surface area contributed by atoms with Crippen LogP contribution in [0, 0.1) is 6.92 Å². The van der Waals surface area contributed by atoms with Gasteiger partial charge in [-0.2, -0.15) is 0 Å². The van der Waals surface area contributed by atoms with Crippen molar-refractivity contribution in [2.75, 3.05) is 11.9 Å². The normalized spacial score (nSPS) is 10.2. The summed E-state index contributed by atoms with van der Waals surface area (Å²) >= 11 is 1.25. The molecule has 17 heavy (non-hydrogen) atoms. The van der Waals surface area contributed by atoms with Gasteiger partial charge in [-0.3, -0.25) is 0 Å². The quantitative estimate of drug-likeness (QED) is 0.902. The number of aryl methyl sites for hydroxylation is 1. The molecule has 0 saturated carbocycles. The Morgan fingerprint density at radius 2 is 2.06 bits per heavy atom. The van der Waals surface area contributed by atoms with Crippen LogP contribution < -0.4 is 4.90 Å². The second kappa shape index (κ2) is 4.59.